The van der Waals surface area contributed by atoms with Gasteiger partial charge in [-0.05, 0) is 61.4 Å². The molecule has 2 aromatic carbocycles. The molecule has 32 heavy (non-hydrogen) atoms. The highest BCUT2D eigenvalue weighted by atomic mass is 16.5. The molecule has 2 unspecified atom stereocenters. The van der Waals surface area contributed by atoms with Crippen molar-refractivity contribution in [3.05, 3.63) is 59.7 Å². The Bertz CT molecular complexity index is 972. The molecular formula is C26H31N3O3. The summed E-state index contributed by atoms with van der Waals surface area (Å²) in [5.74, 6) is 1.48. The number of piperidine rings is 1. The zero-order chi connectivity index (χ0) is 22.9. The largest absolute Gasteiger partial charge is 0.494 e. The number of ether oxygens (including phenoxy) is 1. The van der Waals surface area contributed by atoms with Crippen LogP contribution < -0.4 is 10.1 Å². The minimum absolute atomic E-state index is 0.0210. The van der Waals surface area contributed by atoms with Crippen LogP contribution in [0.3, 0.4) is 0 Å². The van der Waals surface area contributed by atoms with Gasteiger partial charge in [0.1, 0.15) is 5.75 Å². The van der Waals surface area contributed by atoms with Crippen molar-refractivity contribution < 1.29 is 14.3 Å². The molecule has 3 rings (SSSR count). The molecule has 2 amide bonds. The van der Waals surface area contributed by atoms with Crippen LogP contribution in [0, 0.1) is 23.2 Å². The Morgan fingerprint density at radius 2 is 1.84 bits per heavy atom. The smallest absolute Gasteiger partial charge is 0.255 e. The Morgan fingerprint density at radius 1 is 1.09 bits per heavy atom. The van der Waals surface area contributed by atoms with Crippen molar-refractivity contribution in [3.8, 4) is 11.8 Å². The number of nitrogens with one attached hydrogen (secondary N) is 1. The highest BCUT2D eigenvalue weighted by Gasteiger charge is 2.27. The average Bonchev–Trinajstić information content (AvgIpc) is 2.78. The molecule has 168 valence electrons. The number of hydrogen-bond acceptors (Lipinski definition) is 4. The number of hydrogen-bond donors (Lipinski definition) is 1. The molecule has 2 aromatic rings. The molecule has 6 nitrogen and oxygen atoms in total. The Hall–Kier alpha value is -3.33. The van der Waals surface area contributed by atoms with E-state index < -0.39 is 0 Å². The van der Waals surface area contributed by atoms with Crippen molar-refractivity contribution in [1.29, 1.82) is 5.26 Å². The molecule has 0 radical (unpaired) electrons. The third kappa shape index (κ3) is 6.58. The zero-order valence-corrected chi connectivity index (χ0v) is 18.8. The van der Waals surface area contributed by atoms with E-state index in [2.05, 4.69) is 25.2 Å². The lowest BCUT2D eigenvalue weighted by molar-refractivity contribution is -0.116. The minimum Gasteiger partial charge on any atom is -0.494 e. The van der Waals surface area contributed by atoms with E-state index in [1.165, 1.54) is 0 Å². The quantitative estimate of drug-likeness (QED) is 0.603. The van der Waals surface area contributed by atoms with Crippen LogP contribution in [0.5, 0.6) is 5.75 Å². The first-order valence-corrected chi connectivity index (χ1v) is 11.3. The van der Waals surface area contributed by atoms with Gasteiger partial charge in [0.2, 0.25) is 5.91 Å². The number of likely N-dealkylation sites (tertiary alicyclic amines) is 1. The highest BCUT2D eigenvalue weighted by molar-refractivity contribution is 6.03. The number of benzene rings is 2. The number of amides is 2. The summed E-state index contributed by atoms with van der Waals surface area (Å²) in [6, 6.07) is 16.3. The van der Waals surface area contributed by atoms with E-state index in [1.807, 2.05) is 23.1 Å². The van der Waals surface area contributed by atoms with Crippen LogP contribution in [0.25, 0.3) is 0 Å². The normalized spacial score (nSPS) is 18.0. The van der Waals surface area contributed by atoms with E-state index in [0.717, 1.165) is 19.5 Å². The molecule has 0 aromatic heterocycles. The predicted molar refractivity (Wildman–Crippen MR) is 124 cm³/mol. The van der Waals surface area contributed by atoms with Crippen LogP contribution in [0.1, 0.15) is 55.5 Å². The number of para-hydroxylation sites is 1. The van der Waals surface area contributed by atoms with Gasteiger partial charge in [-0.3, -0.25) is 9.59 Å². The average molecular weight is 434 g/mol. The molecule has 0 saturated carbocycles. The Labute approximate surface area is 190 Å². The summed E-state index contributed by atoms with van der Waals surface area (Å²) in [5, 5.41) is 11.8. The van der Waals surface area contributed by atoms with E-state index in [1.54, 1.807) is 30.3 Å². The van der Waals surface area contributed by atoms with E-state index in [9.17, 15) is 9.59 Å². The molecule has 1 saturated heterocycles. The van der Waals surface area contributed by atoms with Gasteiger partial charge in [-0.2, -0.15) is 5.26 Å². The molecule has 1 heterocycles. The standard InChI is InChI=1S/C26H31N3O3/c1-19-14-20(2)18-29(17-19)26(31)23-10-3-4-11-24(23)28-25(30)12-5-6-13-32-22-9-7-8-21(15-22)16-27/h3-4,7-11,15,19-20H,5-6,12-14,17-18H2,1-2H3,(H,28,30). The molecule has 2 atom stereocenters. The fourth-order valence-electron chi connectivity index (χ4n) is 4.22. The van der Waals surface area contributed by atoms with Gasteiger partial charge in [0.05, 0.1) is 29.5 Å². The number of unbranched alkanes of at least 4 members (excludes halogenated alkanes) is 1. The van der Waals surface area contributed by atoms with Crippen molar-refractivity contribution in [3.63, 3.8) is 0 Å². The summed E-state index contributed by atoms with van der Waals surface area (Å²) in [6.45, 7) is 6.33. The topological polar surface area (TPSA) is 82.4 Å². The summed E-state index contributed by atoms with van der Waals surface area (Å²) >= 11 is 0. The molecule has 0 spiro atoms. The van der Waals surface area contributed by atoms with Gasteiger partial charge in [-0.25, -0.2) is 0 Å². The number of rotatable bonds is 8. The SMILES string of the molecule is CC1CC(C)CN(C(=O)c2ccccc2NC(=O)CCCCOc2cccc(C#N)c2)C1. The summed E-state index contributed by atoms with van der Waals surface area (Å²) < 4.78 is 5.65. The number of anilines is 1. The van der Waals surface area contributed by atoms with Gasteiger partial charge < -0.3 is 15.0 Å². The third-order valence-corrected chi connectivity index (χ3v) is 5.62. The minimum atomic E-state index is -0.114. The van der Waals surface area contributed by atoms with Gasteiger partial charge in [0.15, 0.2) is 0 Å². The van der Waals surface area contributed by atoms with E-state index in [-0.39, 0.29) is 11.8 Å². The first-order chi connectivity index (χ1) is 15.5. The van der Waals surface area contributed by atoms with Gasteiger partial charge in [0, 0.05) is 19.5 Å². The third-order valence-electron chi connectivity index (χ3n) is 5.62. The maximum absolute atomic E-state index is 13.1. The number of carbonyl (C=O) groups excluding carboxylic acids is 2. The van der Waals surface area contributed by atoms with Crippen LogP contribution in [0.2, 0.25) is 0 Å². The fraction of sp³-hybridized carbons (Fsp3) is 0.423. The summed E-state index contributed by atoms with van der Waals surface area (Å²) in [4.78, 5) is 27.5. The fourth-order valence-corrected chi connectivity index (χ4v) is 4.22. The maximum Gasteiger partial charge on any atom is 0.255 e. The number of nitrogens with zero attached hydrogens (tertiary/aromatic N) is 2. The van der Waals surface area contributed by atoms with Gasteiger partial charge in [-0.1, -0.05) is 32.0 Å². The van der Waals surface area contributed by atoms with E-state index >= 15 is 0 Å². The molecule has 6 heteroatoms. The van der Waals surface area contributed by atoms with Gasteiger partial charge in [-0.15, -0.1) is 0 Å². The number of nitriles is 1. The molecule has 1 fully saturated rings. The second kappa shape index (κ2) is 11.3. The number of carbonyl (C=O) groups is 2. The zero-order valence-electron chi connectivity index (χ0n) is 18.8. The summed E-state index contributed by atoms with van der Waals surface area (Å²) in [6.07, 6.45) is 2.87. The van der Waals surface area contributed by atoms with Crippen LogP contribution in [0.4, 0.5) is 5.69 Å². The Morgan fingerprint density at radius 3 is 2.59 bits per heavy atom. The second-order valence-electron chi connectivity index (χ2n) is 8.70. The van der Waals surface area contributed by atoms with Crippen molar-refractivity contribution in [2.45, 2.75) is 39.5 Å². The Kier molecular flexibility index (Phi) is 8.27. The Balaban J connectivity index is 1.48. The second-order valence-corrected chi connectivity index (χ2v) is 8.70. The van der Waals surface area contributed by atoms with Crippen molar-refractivity contribution in [2.24, 2.45) is 11.8 Å². The van der Waals surface area contributed by atoms with Crippen LogP contribution in [-0.4, -0.2) is 36.4 Å². The monoisotopic (exact) mass is 433 g/mol. The van der Waals surface area contributed by atoms with E-state index in [4.69, 9.17) is 10.00 Å². The van der Waals surface area contributed by atoms with Gasteiger partial charge >= 0.3 is 0 Å². The molecular weight excluding hydrogens is 402 g/mol. The van der Waals surface area contributed by atoms with E-state index in [0.29, 0.717) is 60.3 Å². The predicted octanol–water partition coefficient (Wildman–Crippen LogP) is 4.86. The molecule has 1 aliphatic rings. The summed E-state index contributed by atoms with van der Waals surface area (Å²) in [5.41, 5.74) is 1.67. The lowest BCUT2D eigenvalue weighted by atomic mass is 9.91. The van der Waals surface area contributed by atoms with Crippen LogP contribution in [0.15, 0.2) is 48.5 Å². The lowest BCUT2D eigenvalue weighted by Crippen LogP contribution is -2.42. The van der Waals surface area contributed by atoms with Crippen LogP contribution in [-0.2, 0) is 4.79 Å². The van der Waals surface area contributed by atoms with Crippen molar-refractivity contribution in [2.75, 3.05) is 25.0 Å². The lowest BCUT2D eigenvalue weighted by Gasteiger charge is -2.35. The van der Waals surface area contributed by atoms with Gasteiger partial charge in [0.25, 0.3) is 5.91 Å². The first kappa shape index (κ1) is 23.3. The molecule has 0 aliphatic carbocycles. The molecule has 1 aliphatic heterocycles. The molecule has 1 N–H and O–H groups in total. The van der Waals surface area contributed by atoms with Crippen molar-refractivity contribution >= 4 is 17.5 Å². The van der Waals surface area contributed by atoms with Crippen molar-refractivity contribution in [1.82, 2.24) is 4.90 Å². The first-order valence-electron chi connectivity index (χ1n) is 11.3. The van der Waals surface area contributed by atoms with Crippen LogP contribution >= 0.6 is 0 Å². The summed E-state index contributed by atoms with van der Waals surface area (Å²) in [7, 11) is 0. The maximum atomic E-state index is 13.1. The highest BCUT2D eigenvalue weighted by Crippen LogP contribution is 2.25. The molecule has 0 bridgehead atoms.